The Balaban J connectivity index is 1.48. The van der Waals surface area contributed by atoms with E-state index in [0.29, 0.717) is 41.7 Å². The highest BCUT2D eigenvalue weighted by molar-refractivity contribution is 5.80. The molecule has 0 radical (unpaired) electrons. The van der Waals surface area contributed by atoms with Gasteiger partial charge in [-0.15, -0.1) is 0 Å². The number of aryl methyl sites for hydroxylation is 3. The first-order valence-electron chi connectivity index (χ1n) is 13.0. The molecule has 5 aromatic rings. The van der Waals surface area contributed by atoms with Gasteiger partial charge in [-0.05, 0) is 36.5 Å². The standard InChI is InChI=1S/C29H31N7O3/c1-4-5-10-25-24(28(37)36(18(2)31-25)17-21-16-26(30)35(3)33-21)15-19-11-13-20(14-12-19)22-8-6-7-9-23(22)27-32-29(38)39-34-27/h6-9,11-14,16H,4-5,10,15,17,30H2,1-3H3,(H,32,34,38). The fourth-order valence-corrected chi connectivity index (χ4v) is 4.75. The van der Waals surface area contributed by atoms with E-state index in [1.807, 2.05) is 55.5 Å². The first kappa shape index (κ1) is 25.9. The smallest absolute Gasteiger partial charge is 0.384 e. The van der Waals surface area contributed by atoms with Crippen molar-refractivity contribution in [3.8, 4) is 22.5 Å². The number of benzene rings is 2. The second-order valence-electron chi connectivity index (χ2n) is 9.63. The Morgan fingerprint density at radius 1 is 1.05 bits per heavy atom. The summed E-state index contributed by atoms with van der Waals surface area (Å²) in [5.41, 5.74) is 11.8. The predicted octanol–water partition coefficient (Wildman–Crippen LogP) is 3.86. The van der Waals surface area contributed by atoms with E-state index in [0.717, 1.165) is 47.2 Å². The summed E-state index contributed by atoms with van der Waals surface area (Å²) in [4.78, 5) is 32.7. The minimum absolute atomic E-state index is 0.0535. The van der Waals surface area contributed by atoms with E-state index in [9.17, 15) is 9.59 Å². The van der Waals surface area contributed by atoms with Crippen LogP contribution in [-0.2, 0) is 26.4 Å². The molecule has 0 amide bonds. The number of hydrogen-bond acceptors (Lipinski definition) is 7. The molecule has 0 fully saturated rings. The largest absolute Gasteiger partial charge is 0.439 e. The van der Waals surface area contributed by atoms with Crippen molar-refractivity contribution in [1.82, 2.24) is 29.5 Å². The molecule has 0 atom stereocenters. The average Bonchev–Trinajstić information content (AvgIpc) is 3.51. The van der Waals surface area contributed by atoms with Crippen LogP contribution in [0.25, 0.3) is 22.5 Å². The second-order valence-corrected chi connectivity index (χ2v) is 9.63. The molecule has 0 aliphatic carbocycles. The highest BCUT2D eigenvalue weighted by atomic mass is 16.5. The topological polar surface area (TPSA) is 138 Å². The van der Waals surface area contributed by atoms with Crippen LogP contribution in [-0.4, -0.2) is 29.5 Å². The Labute approximate surface area is 225 Å². The molecular weight excluding hydrogens is 494 g/mol. The first-order valence-corrected chi connectivity index (χ1v) is 13.0. The highest BCUT2D eigenvalue weighted by Gasteiger charge is 2.17. The van der Waals surface area contributed by atoms with Gasteiger partial charge in [0.05, 0.1) is 17.9 Å². The van der Waals surface area contributed by atoms with Crippen LogP contribution < -0.4 is 17.0 Å². The van der Waals surface area contributed by atoms with Gasteiger partial charge in [-0.2, -0.15) is 5.10 Å². The van der Waals surface area contributed by atoms with Gasteiger partial charge < -0.3 is 5.73 Å². The first-order chi connectivity index (χ1) is 18.8. The lowest BCUT2D eigenvalue weighted by Gasteiger charge is -2.15. The Kier molecular flexibility index (Phi) is 7.27. The molecule has 3 N–H and O–H groups in total. The Morgan fingerprint density at radius 2 is 1.79 bits per heavy atom. The SMILES string of the molecule is CCCCc1nc(C)n(Cc2cc(N)n(C)n2)c(=O)c1Cc1ccc(-c2ccccc2-c2noc(=O)[nH]2)cc1. The van der Waals surface area contributed by atoms with Crippen LogP contribution >= 0.6 is 0 Å². The molecule has 200 valence electrons. The molecule has 0 saturated carbocycles. The van der Waals surface area contributed by atoms with Crippen molar-refractivity contribution < 1.29 is 4.52 Å². The maximum atomic E-state index is 13.8. The Morgan fingerprint density at radius 3 is 2.44 bits per heavy atom. The molecule has 0 aliphatic rings. The number of anilines is 1. The van der Waals surface area contributed by atoms with Crippen molar-refractivity contribution in [2.75, 3.05) is 5.73 Å². The monoisotopic (exact) mass is 525 g/mol. The molecule has 0 unspecified atom stereocenters. The molecule has 0 spiro atoms. The third-order valence-electron chi connectivity index (χ3n) is 6.86. The van der Waals surface area contributed by atoms with Crippen molar-refractivity contribution in [3.05, 3.63) is 104 Å². The fraction of sp³-hybridized carbons (Fsp3) is 0.276. The summed E-state index contributed by atoms with van der Waals surface area (Å²) in [6, 6.07) is 17.5. The third-order valence-corrected chi connectivity index (χ3v) is 6.86. The van der Waals surface area contributed by atoms with Gasteiger partial charge in [0.1, 0.15) is 11.6 Å². The summed E-state index contributed by atoms with van der Waals surface area (Å²) < 4.78 is 7.97. The number of nitrogens with zero attached hydrogens (tertiary/aromatic N) is 5. The minimum Gasteiger partial charge on any atom is -0.384 e. The molecule has 39 heavy (non-hydrogen) atoms. The maximum Gasteiger partial charge on any atom is 0.439 e. The molecular formula is C29H31N7O3. The van der Waals surface area contributed by atoms with Gasteiger partial charge in [0, 0.05) is 30.7 Å². The molecule has 5 rings (SSSR count). The van der Waals surface area contributed by atoms with E-state index in [4.69, 9.17) is 15.2 Å². The summed E-state index contributed by atoms with van der Waals surface area (Å²) in [6.45, 7) is 4.30. The lowest BCUT2D eigenvalue weighted by molar-refractivity contribution is 0.388. The zero-order valence-corrected chi connectivity index (χ0v) is 22.3. The zero-order valence-electron chi connectivity index (χ0n) is 22.3. The number of hydrogen-bond donors (Lipinski definition) is 2. The molecule has 2 aromatic carbocycles. The van der Waals surface area contributed by atoms with Gasteiger partial charge >= 0.3 is 5.76 Å². The summed E-state index contributed by atoms with van der Waals surface area (Å²) in [7, 11) is 1.78. The van der Waals surface area contributed by atoms with Crippen molar-refractivity contribution in [2.24, 2.45) is 7.05 Å². The van der Waals surface area contributed by atoms with Gasteiger partial charge in [0.15, 0.2) is 5.82 Å². The number of nitrogens with one attached hydrogen (secondary N) is 1. The van der Waals surface area contributed by atoms with Crippen molar-refractivity contribution in [3.63, 3.8) is 0 Å². The van der Waals surface area contributed by atoms with Crippen molar-refractivity contribution in [2.45, 2.75) is 46.1 Å². The van der Waals surface area contributed by atoms with Crippen LogP contribution in [0.1, 0.15) is 48.1 Å². The lowest BCUT2D eigenvalue weighted by Crippen LogP contribution is -2.30. The number of nitrogens with two attached hydrogens (primary N) is 1. The lowest BCUT2D eigenvalue weighted by atomic mass is 9.96. The van der Waals surface area contributed by atoms with E-state index in [1.165, 1.54) is 0 Å². The summed E-state index contributed by atoms with van der Waals surface area (Å²) in [6.07, 6.45) is 3.19. The number of nitrogen functional groups attached to an aromatic ring is 1. The van der Waals surface area contributed by atoms with E-state index >= 15 is 0 Å². The van der Waals surface area contributed by atoms with Crippen LogP contribution in [0.4, 0.5) is 5.82 Å². The van der Waals surface area contributed by atoms with Crippen LogP contribution in [0, 0.1) is 6.92 Å². The van der Waals surface area contributed by atoms with Crippen LogP contribution in [0.2, 0.25) is 0 Å². The molecule has 10 nitrogen and oxygen atoms in total. The highest BCUT2D eigenvalue weighted by Crippen LogP contribution is 2.30. The molecule has 0 aliphatic heterocycles. The van der Waals surface area contributed by atoms with E-state index in [-0.39, 0.29) is 5.56 Å². The number of H-pyrrole nitrogens is 1. The quantitative estimate of drug-likeness (QED) is 0.298. The molecule has 3 heterocycles. The maximum absolute atomic E-state index is 13.8. The van der Waals surface area contributed by atoms with Gasteiger partial charge in [0.25, 0.3) is 5.56 Å². The molecule has 10 heteroatoms. The van der Waals surface area contributed by atoms with Gasteiger partial charge in [-0.1, -0.05) is 67.0 Å². The van der Waals surface area contributed by atoms with Gasteiger partial charge in [-0.3, -0.25) is 23.6 Å². The van der Waals surface area contributed by atoms with E-state index < -0.39 is 5.76 Å². The summed E-state index contributed by atoms with van der Waals surface area (Å²) in [5.74, 6) is 0.982. The molecule has 0 saturated heterocycles. The van der Waals surface area contributed by atoms with Crippen molar-refractivity contribution in [1.29, 1.82) is 0 Å². The third kappa shape index (κ3) is 5.45. The van der Waals surface area contributed by atoms with Crippen LogP contribution in [0.15, 0.2) is 68.7 Å². The zero-order chi connectivity index (χ0) is 27.5. The summed E-state index contributed by atoms with van der Waals surface area (Å²) in [5, 5.41) is 8.26. The Hall–Kier alpha value is -4.73. The van der Waals surface area contributed by atoms with Crippen LogP contribution in [0.3, 0.4) is 0 Å². The average molecular weight is 526 g/mol. The second kappa shape index (κ2) is 10.9. The summed E-state index contributed by atoms with van der Waals surface area (Å²) >= 11 is 0. The van der Waals surface area contributed by atoms with E-state index in [2.05, 4.69) is 22.2 Å². The number of aromatic nitrogens is 6. The number of rotatable bonds is 9. The van der Waals surface area contributed by atoms with Gasteiger partial charge in [-0.25, -0.2) is 9.78 Å². The van der Waals surface area contributed by atoms with Crippen LogP contribution in [0.5, 0.6) is 0 Å². The minimum atomic E-state index is -0.599. The number of aromatic amines is 1. The number of unbranched alkanes of at least 4 members (excludes halogenated alkanes) is 1. The molecule has 0 bridgehead atoms. The normalized spacial score (nSPS) is 11.3. The molecule has 3 aromatic heterocycles. The fourth-order valence-electron chi connectivity index (χ4n) is 4.75. The van der Waals surface area contributed by atoms with Gasteiger partial charge in [0.2, 0.25) is 0 Å². The van der Waals surface area contributed by atoms with Crippen molar-refractivity contribution >= 4 is 5.82 Å². The Bertz CT molecular complexity index is 1710. The predicted molar refractivity (Wildman–Crippen MR) is 149 cm³/mol. The van der Waals surface area contributed by atoms with E-state index in [1.54, 1.807) is 22.4 Å².